The Morgan fingerprint density at radius 1 is 0.825 bits per heavy atom. The molecule has 40 heavy (non-hydrogen) atoms. The van der Waals surface area contributed by atoms with Gasteiger partial charge in [0.15, 0.2) is 0 Å². The standard InChI is InChI=1S/C34H52O6/c1-29(2)16-18-34-19-17-32(6)20(26(34)27(29)40-28(34)38)8-9-22-31(5)14-13-23(39-25(37)11-10-24(35)36)30(3,4)21(31)12-15-33(22,32)7/h20-23,26-27H,8-19H2,1-7H3,(H,35,36)/t20-,21+,22+,23+,26-,27+,31-,32+,33+,34+/m0/s1. The summed E-state index contributed by atoms with van der Waals surface area (Å²) in [6.45, 7) is 16.9. The third kappa shape index (κ3) is 3.55. The van der Waals surface area contributed by atoms with Gasteiger partial charge in [-0.2, -0.15) is 0 Å². The molecule has 0 unspecified atom stereocenters. The third-order valence-electron chi connectivity index (χ3n) is 14.8. The van der Waals surface area contributed by atoms with Gasteiger partial charge >= 0.3 is 17.9 Å². The van der Waals surface area contributed by atoms with E-state index >= 15 is 0 Å². The molecule has 6 heteroatoms. The van der Waals surface area contributed by atoms with Crippen molar-refractivity contribution >= 4 is 17.9 Å². The Hall–Kier alpha value is -1.59. The third-order valence-corrected chi connectivity index (χ3v) is 14.8. The second-order valence-electron chi connectivity index (χ2n) is 16.9. The topological polar surface area (TPSA) is 89.9 Å². The van der Waals surface area contributed by atoms with Crippen molar-refractivity contribution in [3.63, 3.8) is 0 Å². The molecular formula is C34H52O6. The zero-order valence-corrected chi connectivity index (χ0v) is 25.9. The van der Waals surface area contributed by atoms with E-state index in [9.17, 15) is 14.4 Å². The van der Waals surface area contributed by atoms with E-state index in [0.717, 1.165) is 44.9 Å². The Kier molecular flexibility index (Phi) is 6.22. The van der Waals surface area contributed by atoms with Crippen LogP contribution in [-0.2, 0) is 23.9 Å². The van der Waals surface area contributed by atoms with Crippen LogP contribution in [0.15, 0.2) is 0 Å². The largest absolute Gasteiger partial charge is 0.481 e. The van der Waals surface area contributed by atoms with Gasteiger partial charge in [0, 0.05) is 16.7 Å². The normalized spacial score (nSPS) is 49.9. The number of fused-ring (bicyclic) bond motifs is 5. The summed E-state index contributed by atoms with van der Waals surface area (Å²) in [5.41, 5.74) is 0.189. The molecular weight excluding hydrogens is 504 g/mol. The minimum absolute atomic E-state index is 0.0459. The van der Waals surface area contributed by atoms with Crippen molar-refractivity contribution in [3.8, 4) is 0 Å². The lowest BCUT2D eigenvalue weighted by Gasteiger charge is -2.73. The van der Waals surface area contributed by atoms with Crippen molar-refractivity contribution in [2.45, 2.75) is 138 Å². The Balaban J connectivity index is 1.28. The number of hydrogen-bond donors (Lipinski definition) is 1. The molecule has 0 amide bonds. The Morgan fingerprint density at radius 3 is 2.23 bits per heavy atom. The molecule has 5 saturated carbocycles. The van der Waals surface area contributed by atoms with Crippen LogP contribution in [0.2, 0.25) is 0 Å². The fourth-order valence-corrected chi connectivity index (χ4v) is 12.4. The molecule has 224 valence electrons. The molecule has 10 atom stereocenters. The zero-order chi connectivity index (χ0) is 29.1. The minimum atomic E-state index is -0.961. The predicted octanol–water partition coefficient (Wildman–Crippen LogP) is 7.18. The quantitative estimate of drug-likeness (QED) is 0.369. The first-order valence-corrected chi connectivity index (χ1v) is 16.2. The lowest BCUT2D eigenvalue weighted by atomic mass is 9.31. The molecule has 0 spiro atoms. The van der Waals surface area contributed by atoms with Crippen LogP contribution in [0.4, 0.5) is 0 Å². The van der Waals surface area contributed by atoms with Crippen LogP contribution in [-0.4, -0.2) is 35.2 Å². The Bertz CT molecular complexity index is 1110. The van der Waals surface area contributed by atoms with Gasteiger partial charge in [0.1, 0.15) is 12.2 Å². The molecule has 0 radical (unpaired) electrons. The second-order valence-corrected chi connectivity index (χ2v) is 16.9. The van der Waals surface area contributed by atoms with E-state index in [1.165, 1.54) is 19.3 Å². The summed E-state index contributed by atoms with van der Waals surface area (Å²) in [6, 6.07) is 0. The van der Waals surface area contributed by atoms with E-state index in [1.807, 2.05) is 0 Å². The molecule has 1 heterocycles. The fraction of sp³-hybridized carbons (Fsp3) is 0.912. The second kappa shape index (κ2) is 8.72. The summed E-state index contributed by atoms with van der Waals surface area (Å²) >= 11 is 0. The van der Waals surface area contributed by atoms with Gasteiger partial charge in [-0.3, -0.25) is 14.4 Å². The molecule has 6 aliphatic rings. The van der Waals surface area contributed by atoms with Gasteiger partial charge in [0.25, 0.3) is 0 Å². The van der Waals surface area contributed by atoms with Crippen LogP contribution in [0.25, 0.3) is 0 Å². The number of esters is 2. The first-order valence-electron chi connectivity index (χ1n) is 16.2. The van der Waals surface area contributed by atoms with Gasteiger partial charge in [-0.05, 0) is 98.2 Å². The van der Waals surface area contributed by atoms with Crippen molar-refractivity contribution in [3.05, 3.63) is 0 Å². The van der Waals surface area contributed by atoms with Crippen molar-refractivity contribution in [1.29, 1.82) is 0 Å². The molecule has 1 saturated heterocycles. The Morgan fingerprint density at radius 2 is 1.52 bits per heavy atom. The number of carbonyl (C=O) groups excluding carboxylic acids is 2. The average molecular weight is 557 g/mol. The molecule has 5 aliphatic carbocycles. The van der Waals surface area contributed by atoms with Gasteiger partial charge in [-0.25, -0.2) is 0 Å². The van der Waals surface area contributed by atoms with Crippen LogP contribution in [0, 0.1) is 56.2 Å². The van der Waals surface area contributed by atoms with Gasteiger partial charge in [-0.15, -0.1) is 0 Å². The van der Waals surface area contributed by atoms with Crippen LogP contribution in [0.5, 0.6) is 0 Å². The molecule has 1 aliphatic heterocycles. The summed E-state index contributed by atoms with van der Waals surface area (Å²) in [5, 5.41) is 9.00. The lowest BCUT2D eigenvalue weighted by Crippen LogP contribution is -2.68. The van der Waals surface area contributed by atoms with E-state index in [-0.39, 0.29) is 69.5 Å². The number of carbonyl (C=O) groups is 3. The molecule has 1 N–H and O–H groups in total. The van der Waals surface area contributed by atoms with Crippen LogP contribution < -0.4 is 0 Å². The van der Waals surface area contributed by atoms with Crippen LogP contribution >= 0.6 is 0 Å². The SMILES string of the molecule is CC1(C)CC[C@@]23CC[C@]4(C)[C@@H](CC[C@@H]5[C@@]6(C)CC[C@@H](OC(=O)CCC(=O)O)C(C)(C)[C@H]6CC[C@]54C)[C@H]2[C@H]1OC3=O. The number of ether oxygens (including phenoxy) is 2. The first kappa shape index (κ1) is 28.5. The molecule has 0 aromatic carbocycles. The molecule has 2 bridgehead atoms. The summed E-state index contributed by atoms with van der Waals surface area (Å²) < 4.78 is 12.3. The van der Waals surface area contributed by atoms with Crippen molar-refractivity contribution in [1.82, 2.24) is 0 Å². The van der Waals surface area contributed by atoms with Crippen molar-refractivity contribution in [2.24, 2.45) is 56.2 Å². The first-order chi connectivity index (χ1) is 18.5. The number of carboxylic acid groups (broad SMARTS) is 1. The molecule has 0 aromatic rings. The molecule has 6 rings (SSSR count). The number of aliphatic carboxylic acids is 1. The summed E-state index contributed by atoms with van der Waals surface area (Å²) in [7, 11) is 0. The molecule has 6 fully saturated rings. The highest BCUT2D eigenvalue weighted by Crippen LogP contribution is 2.78. The minimum Gasteiger partial charge on any atom is -0.481 e. The highest BCUT2D eigenvalue weighted by atomic mass is 16.6. The number of rotatable bonds is 4. The smallest absolute Gasteiger partial charge is 0.312 e. The van der Waals surface area contributed by atoms with Gasteiger partial charge in [0.2, 0.25) is 0 Å². The maximum absolute atomic E-state index is 13.4. The van der Waals surface area contributed by atoms with Gasteiger partial charge in [0.05, 0.1) is 18.3 Å². The number of carboxylic acids is 1. The monoisotopic (exact) mass is 556 g/mol. The van der Waals surface area contributed by atoms with E-state index in [2.05, 4.69) is 48.5 Å². The highest BCUT2D eigenvalue weighted by Gasteiger charge is 2.75. The van der Waals surface area contributed by atoms with Crippen LogP contribution in [0.3, 0.4) is 0 Å². The van der Waals surface area contributed by atoms with E-state index < -0.39 is 5.97 Å². The maximum atomic E-state index is 13.4. The van der Waals surface area contributed by atoms with Gasteiger partial charge < -0.3 is 14.6 Å². The maximum Gasteiger partial charge on any atom is 0.312 e. The van der Waals surface area contributed by atoms with Crippen molar-refractivity contribution in [2.75, 3.05) is 0 Å². The van der Waals surface area contributed by atoms with E-state index in [1.54, 1.807) is 0 Å². The van der Waals surface area contributed by atoms with Crippen LogP contribution in [0.1, 0.15) is 126 Å². The lowest BCUT2D eigenvalue weighted by molar-refractivity contribution is -0.254. The highest BCUT2D eigenvalue weighted by molar-refractivity contribution is 5.81. The van der Waals surface area contributed by atoms with Gasteiger partial charge in [-0.1, -0.05) is 48.5 Å². The van der Waals surface area contributed by atoms with E-state index in [0.29, 0.717) is 23.7 Å². The predicted molar refractivity (Wildman–Crippen MR) is 151 cm³/mol. The average Bonchev–Trinajstić information content (AvgIpc) is 3.12. The summed E-state index contributed by atoms with van der Waals surface area (Å²) in [5.74, 6) is 0.697. The van der Waals surface area contributed by atoms with E-state index in [4.69, 9.17) is 14.6 Å². The fourth-order valence-electron chi connectivity index (χ4n) is 12.4. The van der Waals surface area contributed by atoms with Crippen molar-refractivity contribution < 1.29 is 29.0 Å². The Labute approximate surface area is 240 Å². The zero-order valence-electron chi connectivity index (χ0n) is 25.9. The number of hydrogen-bond acceptors (Lipinski definition) is 5. The summed E-state index contributed by atoms with van der Waals surface area (Å²) in [4.78, 5) is 37.0. The summed E-state index contributed by atoms with van der Waals surface area (Å²) in [6.07, 6.45) is 10.4. The molecule has 6 nitrogen and oxygen atoms in total. The molecule has 0 aromatic heterocycles.